The van der Waals surface area contributed by atoms with Gasteiger partial charge in [0.1, 0.15) is 5.75 Å². The fourth-order valence-corrected chi connectivity index (χ4v) is 4.07. The molecule has 9 heteroatoms. The van der Waals surface area contributed by atoms with E-state index in [1.54, 1.807) is 31.5 Å². The molecule has 31 heavy (non-hydrogen) atoms. The minimum atomic E-state index is -0.246. The number of rotatable bonds is 5. The third-order valence-electron chi connectivity index (χ3n) is 5.26. The average molecular weight is 482 g/mol. The molecule has 2 N–H and O–H groups in total. The van der Waals surface area contributed by atoms with E-state index in [9.17, 15) is 4.79 Å². The highest BCUT2D eigenvalue weighted by Crippen LogP contribution is 2.32. The molecule has 0 spiro atoms. The van der Waals surface area contributed by atoms with E-state index in [0.29, 0.717) is 27.0 Å². The lowest BCUT2D eigenvalue weighted by atomic mass is 9.91. The van der Waals surface area contributed by atoms with Crippen molar-refractivity contribution in [1.82, 2.24) is 15.1 Å². The Morgan fingerprint density at radius 3 is 2.48 bits per heavy atom. The Hall–Kier alpha value is -2.25. The topological polar surface area (TPSA) is 68.2 Å². The van der Waals surface area contributed by atoms with Crippen LogP contribution in [0.5, 0.6) is 5.75 Å². The predicted octanol–water partition coefficient (Wildman–Crippen LogP) is 5.33. The summed E-state index contributed by atoms with van der Waals surface area (Å²) in [5.74, 6) is 0.511. The molecular formula is C22H23Cl3N4O2. The number of piperidine rings is 1. The van der Waals surface area contributed by atoms with Crippen LogP contribution in [0.2, 0.25) is 10.0 Å². The normalized spacial score (nSPS) is 14.0. The molecule has 0 atom stereocenters. The summed E-state index contributed by atoms with van der Waals surface area (Å²) in [5.41, 5.74) is 2.83. The van der Waals surface area contributed by atoms with Crippen molar-refractivity contribution in [2.45, 2.75) is 18.8 Å². The third-order valence-corrected chi connectivity index (χ3v) is 5.74. The van der Waals surface area contributed by atoms with Crippen LogP contribution in [0.15, 0.2) is 48.7 Å². The maximum Gasteiger partial charge on any atom is 0.259 e. The molecule has 3 aromatic rings. The maximum atomic E-state index is 13.3. The first-order valence-corrected chi connectivity index (χ1v) is 10.5. The van der Waals surface area contributed by atoms with Crippen molar-refractivity contribution in [3.63, 3.8) is 0 Å². The molecule has 0 saturated carbocycles. The van der Waals surface area contributed by atoms with Crippen molar-refractivity contribution in [1.29, 1.82) is 0 Å². The molecule has 0 bridgehead atoms. The number of amides is 1. The molecule has 2 aromatic carbocycles. The smallest absolute Gasteiger partial charge is 0.259 e. The van der Waals surface area contributed by atoms with Gasteiger partial charge in [0.15, 0.2) is 0 Å². The zero-order valence-corrected chi connectivity index (χ0v) is 19.2. The first kappa shape index (κ1) is 23.4. The number of hydrogen-bond donors (Lipinski definition) is 2. The van der Waals surface area contributed by atoms with Gasteiger partial charge in [-0.1, -0.05) is 23.2 Å². The molecule has 1 aliphatic rings. The average Bonchev–Trinajstić information content (AvgIpc) is 3.20. The number of carbonyl (C=O) groups excluding carboxylic acids is 1. The number of aromatic nitrogens is 2. The number of benzene rings is 2. The van der Waals surface area contributed by atoms with E-state index < -0.39 is 0 Å². The summed E-state index contributed by atoms with van der Waals surface area (Å²) in [6.07, 6.45) is 3.48. The zero-order chi connectivity index (χ0) is 21.1. The second-order valence-electron chi connectivity index (χ2n) is 7.15. The van der Waals surface area contributed by atoms with Crippen molar-refractivity contribution >= 4 is 47.2 Å². The second-order valence-corrected chi connectivity index (χ2v) is 8.03. The highest BCUT2D eigenvalue weighted by atomic mass is 35.5. The summed E-state index contributed by atoms with van der Waals surface area (Å²) in [7, 11) is 1.55. The third kappa shape index (κ3) is 5.15. The Morgan fingerprint density at radius 2 is 1.81 bits per heavy atom. The largest absolute Gasteiger partial charge is 0.495 e. The lowest BCUT2D eigenvalue weighted by Gasteiger charge is -2.24. The molecule has 4 rings (SSSR count). The monoisotopic (exact) mass is 480 g/mol. The van der Waals surface area contributed by atoms with Crippen LogP contribution in [0.1, 0.15) is 34.8 Å². The minimum absolute atomic E-state index is 0. The van der Waals surface area contributed by atoms with Crippen molar-refractivity contribution in [2.24, 2.45) is 0 Å². The van der Waals surface area contributed by atoms with Gasteiger partial charge in [-0.3, -0.25) is 4.79 Å². The molecule has 1 fully saturated rings. The first-order chi connectivity index (χ1) is 14.6. The summed E-state index contributed by atoms with van der Waals surface area (Å²) in [5, 5.41) is 12.0. The van der Waals surface area contributed by atoms with Crippen LogP contribution in [0, 0.1) is 0 Å². The van der Waals surface area contributed by atoms with Gasteiger partial charge < -0.3 is 15.4 Å². The standard InChI is InChI=1S/C22H22Cl2N4O2.ClH/c1-30-20-7-4-16(24)12-19(20)27-22(29)18-13-26-28(17-5-2-15(23)3-6-17)21(18)14-8-10-25-11-9-14;/h2-7,12-14,25H,8-11H2,1H3,(H,27,29);1H. The van der Waals surface area contributed by atoms with Crippen LogP contribution in [0.25, 0.3) is 5.69 Å². The predicted molar refractivity (Wildman–Crippen MR) is 127 cm³/mol. The Morgan fingerprint density at radius 1 is 1.13 bits per heavy atom. The number of hydrogen-bond acceptors (Lipinski definition) is 4. The Labute approximate surface area is 197 Å². The zero-order valence-electron chi connectivity index (χ0n) is 16.9. The van der Waals surface area contributed by atoms with Gasteiger partial charge in [-0.15, -0.1) is 12.4 Å². The number of anilines is 1. The number of ether oxygens (including phenoxy) is 1. The van der Waals surface area contributed by atoms with Crippen LogP contribution in [-0.4, -0.2) is 35.9 Å². The van der Waals surface area contributed by atoms with Crippen LogP contribution in [0.3, 0.4) is 0 Å². The van der Waals surface area contributed by atoms with E-state index in [-0.39, 0.29) is 24.2 Å². The van der Waals surface area contributed by atoms with Gasteiger partial charge >= 0.3 is 0 Å². The molecule has 1 amide bonds. The van der Waals surface area contributed by atoms with Gasteiger partial charge in [-0.25, -0.2) is 4.68 Å². The Balaban J connectivity index is 0.00000272. The van der Waals surface area contributed by atoms with Crippen molar-refractivity contribution < 1.29 is 9.53 Å². The highest BCUT2D eigenvalue weighted by molar-refractivity contribution is 6.31. The second kappa shape index (κ2) is 10.4. The van der Waals surface area contributed by atoms with Gasteiger partial charge in [0.2, 0.25) is 0 Å². The highest BCUT2D eigenvalue weighted by Gasteiger charge is 2.27. The van der Waals surface area contributed by atoms with E-state index in [1.807, 2.05) is 28.9 Å². The first-order valence-electron chi connectivity index (χ1n) is 9.76. The molecule has 6 nitrogen and oxygen atoms in total. The quantitative estimate of drug-likeness (QED) is 0.517. The van der Waals surface area contributed by atoms with E-state index in [0.717, 1.165) is 37.3 Å². The molecule has 2 heterocycles. The van der Waals surface area contributed by atoms with Crippen LogP contribution in [0.4, 0.5) is 5.69 Å². The lowest BCUT2D eigenvalue weighted by Crippen LogP contribution is -2.29. The summed E-state index contributed by atoms with van der Waals surface area (Å²) in [6, 6.07) is 12.6. The number of nitrogens with one attached hydrogen (secondary N) is 2. The summed E-state index contributed by atoms with van der Waals surface area (Å²) in [4.78, 5) is 13.3. The molecule has 1 saturated heterocycles. The summed E-state index contributed by atoms with van der Waals surface area (Å²) in [6.45, 7) is 1.80. The lowest BCUT2D eigenvalue weighted by molar-refractivity contribution is 0.102. The molecule has 1 aromatic heterocycles. The van der Waals surface area contributed by atoms with Crippen LogP contribution < -0.4 is 15.4 Å². The van der Waals surface area contributed by atoms with Crippen molar-refractivity contribution in [3.05, 3.63) is 70.0 Å². The fraction of sp³-hybridized carbons (Fsp3) is 0.273. The van der Waals surface area contributed by atoms with Gasteiger partial charge in [0.25, 0.3) is 5.91 Å². The SMILES string of the molecule is COc1ccc(Cl)cc1NC(=O)c1cnn(-c2ccc(Cl)cc2)c1C1CCNCC1.Cl. The Kier molecular flexibility index (Phi) is 7.84. The molecule has 0 unspecified atom stereocenters. The number of methoxy groups -OCH3 is 1. The van der Waals surface area contributed by atoms with Crippen molar-refractivity contribution in [2.75, 3.05) is 25.5 Å². The molecule has 0 radical (unpaired) electrons. The summed E-state index contributed by atoms with van der Waals surface area (Å²) >= 11 is 12.2. The van der Waals surface area contributed by atoms with Crippen LogP contribution >= 0.6 is 35.6 Å². The van der Waals surface area contributed by atoms with E-state index in [1.165, 1.54) is 0 Å². The van der Waals surface area contributed by atoms with Crippen molar-refractivity contribution in [3.8, 4) is 11.4 Å². The molecule has 1 aliphatic heterocycles. The van der Waals surface area contributed by atoms with E-state index in [4.69, 9.17) is 27.9 Å². The van der Waals surface area contributed by atoms with E-state index in [2.05, 4.69) is 15.7 Å². The summed E-state index contributed by atoms with van der Waals surface area (Å²) < 4.78 is 7.20. The minimum Gasteiger partial charge on any atom is -0.495 e. The van der Waals surface area contributed by atoms with Gasteiger partial charge in [-0.05, 0) is 68.4 Å². The number of halogens is 3. The van der Waals surface area contributed by atoms with Gasteiger partial charge in [0.05, 0.1) is 35.9 Å². The number of nitrogens with zero attached hydrogens (tertiary/aromatic N) is 2. The van der Waals surface area contributed by atoms with Gasteiger partial charge in [0, 0.05) is 16.0 Å². The number of carbonyl (C=O) groups is 1. The van der Waals surface area contributed by atoms with Gasteiger partial charge in [-0.2, -0.15) is 5.10 Å². The molecular weight excluding hydrogens is 459 g/mol. The molecule has 164 valence electrons. The maximum absolute atomic E-state index is 13.3. The fourth-order valence-electron chi connectivity index (χ4n) is 3.78. The van der Waals surface area contributed by atoms with E-state index >= 15 is 0 Å². The Bertz CT molecular complexity index is 1050. The van der Waals surface area contributed by atoms with Crippen LogP contribution in [-0.2, 0) is 0 Å². The molecule has 0 aliphatic carbocycles.